The fraction of sp³-hybridized carbons (Fsp3) is 0.364. The monoisotopic (exact) mass is 442 g/mol. The SMILES string of the molecule is Cc1cc(C)cc(S(=O)(=O)Nc2ccc(N3CCN(CCC#N)CC3)c(C(=O)O)c2)c1. The van der Waals surface area contributed by atoms with Crippen molar-refractivity contribution in [3.8, 4) is 6.07 Å². The average molecular weight is 443 g/mol. The van der Waals surface area contributed by atoms with Crippen LogP contribution < -0.4 is 9.62 Å². The van der Waals surface area contributed by atoms with Crippen LogP contribution in [0.1, 0.15) is 27.9 Å². The predicted octanol–water partition coefficient (Wildman–Crippen LogP) is 2.84. The number of anilines is 2. The number of benzene rings is 2. The molecule has 0 amide bonds. The Morgan fingerprint density at radius 3 is 2.32 bits per heavy atom. The Morgan fingerprint density at radius 1 is 1.10 bits per heavy atom. The second-order valence-corrected chi connectivity index (χ2v) is 9.39. The molecule has 0 aromatic heterocycles. The topological polar surface area (TPSA) is 114 Å². The van der Waals surface area contributed by atoms with E-state index in [1.807, 2.05) is 24.8 Å². The van der Waals surface area contributed by atoms with Crippen molar-refractivity contribution in [2.45, 2.75) is 25.2 Å². The van der Waals surface area contributed by atoms with Crippen LogP contribution >= 0.6 is 0 Å². The number of rotatable bonds is 7. The lowest BCUT2D eigenvalue weighted by molar-refractivity contribution is 0.0697. The van der Waals surface area contributed by atoms with Gasteiger partial charge in [0.25, 0.3) is 10.0 Å². The van der Waals surface area contributed by atoms with Crippen LogP contribution in [0, 0.1) is 25.2 Å². The highest BCUT2D eigenvalue weighted by Crippen LogP contribution is 2.27. The first-order chi connectivity index (χ1) is 14.7. The molecule has 1 fully saturated rings. The van der Waals surface area contributed by atoms with Crippen LogP contribution in [0.4, 0.5) is 11.4 Å². The Bertz CT molecular complexity index is 1100. The smallest absolute Gasteiger partial charge is 0.337 e. The molecule has 0 spiro atoms. The number of carboxylic acid groups (broad SMARTS) is 1. The molecule has 9 heteroatoms. The highest BCUT2D eigenvalue weighted by molar-refractivity contribution is 7.92. The summed E-state index contributed by atoms with van der Waals surface area (Å²) in [5, 5.41) is 18.5. The Balaban J connectivity index is 1.81. The standard InChI is InChI=1S/C22H26N4O4S/c1-16-12-17(2)14-19(13-16)31(29,30)24-18-4-5-21(20(15-18)22(27)28)26-10-8-25(9-11-26)7-3-6-23/h4-5,12-15,24H,3,7-11H2,1-2H3,(H,27,28). The van der Waals surface area contributed by atoms with Crippen molar-refractivity contribution in [1.29, 1.82) is 5.26 Å². The lowest BCUT2D eigenvalue weighted by Crippen LogP contribution is -2.47. The van der Waals surface area contributed by atoms with E-state index < -0.39 is 16.0 Å². The number of sulfonamides is 1. The molecule has 2 N–H and O–H groups in total. The maximum absolute atomic E-state index is 12.8. The van der Waals surface area contributed by atoms with E-state index in [-0.39, 0.29) is 16.1 Å². The van der Waals surface area contributed by atoms with E-state index in [9.17, 15) is 18.3 Å². The molecule has 0 aliphatic carbocycles. The zero-order valence-corrected chi connectivity index (χ0v) is 18.4. The van der Waals surface area contributed by atoms with Crippen molar-refractivity contribution < 1.29 is 18.3 Å². The normalized spacial score (nSPS) is 14.8. The molecule has 1 aliphatic rings. The molecule has 0 bridgehead atoms. The van der Waals surface area contributed by atoms with Gasteiger partial charge in [-0.2, -0.15) is 5.26 Å². The van der Waals surface area contributed by atoms with Gasteiger partial charge in [0.2, 0.25) is 0 Å². The van der Waals surface area contributed by atoms with Crippen LogP contribution in [0.2, 0.25) is 0 Å². The first-order valence-electron chi connectivity index (χ1n) is 10.0. The number of carbonyl (C=O) groups is 1. The third-order valence-electron chi connectivity index (χ3n) is 5.24. The van der Waals surface area contributed by atoms with Gasteiger partial charge in [0.05, 0.1) is 22.2 Å². The van der Waals surface area contributed by atoms with Crippen molar-refractivity contribution in [2.75, 3.05) is 42.3 Å². The molecule has 0 saturated carbocycles. The Labute approximate surface area is 182 Å². The minimum Gasteiger partial charge on any atom is -0.478 e. The van der Waals surface area contributed by atoms with E-state index in [1.54, 1.807) is 24.3 Å². The third kappa shape index (κ3) is 5.54. The van der Waals surface area contributed by atoms with Crippen molar-refractivity contribution in [1.82, 2.24) is 4.90 Å². The third-order valence-corrected chi connectivity index (χ3v) is 6.60. The largest absolute Gasteiger partial charge is 0.478 e. The number of hydrogen-bond acceptors (Lipinski definition) is 6. The van der Waals surface area contributed by atoms with Crippen molar-refractivity contribution in [2.24, 2.45) is 0 Å². The number of nitriles is 1. The molecule has 31 heavy (non-hydrogen) atoms. The zero-order chi connectivity index (χ0) is 22.6. The second kappa shape index (κ2) is 9.37. The molecule has 2 aromatic rings. The van der Waals surface area contributed by atoms with E-state index in [1.165, 1.54) is 6.07 Å². The highest BCUT2D eigenvalue weighted by atomic mass is 32.2. The van der Waals surface area contributed by atoms with E-state index in [2.05, 4.69) is 15.7 Å². The fourth-order valence-electron chi connectivity index (χ4n) is 3.77. The Morgan fingerprint density at radius 2 is 1.74 bits per heavy atom. The molecule has 0 atom stereocenters. The van der Waals surface area contributed by atoms with Crippen LogP contribution in [-0.4, -0.2) is 57.1 Å². The number of nitrogens with zero attached hydrogens (tertiary/aromatic N) is 3. The van der Waals surface area contributed by atoms with Gasteiger partial charge in [-0.05, 0) is 55.3 Å². The van der Waals surface area contributed by atoms with Crippen LogP contribution in [0.3, 0.4) is 0 Å². The molecule has 3 rings (SSSR count). The van der Waals surface area contributed by atoms with E-state index >= 15 is 0 Å². The zero-order valence-electron chi connectivity index (χ0n) is 17.6. The number of aromatic carboxylic acids is 1. The molecule has 164 valence electrons. The quantitative estimate of drug-likeness (QED) is 0.678. The van der Waals surface area contributed by atoms with Gasteiger partial charge in [-0.1, -0.05) is 6.07 Å². The van der Waals surface area contributed by atoms with Gasteiger partial charge >= 0.3 is 5.97 Å². The van der Waals surface area contributed by atoms with Crippen LogP contribution in [0.5, 0.6) is 0 Å². The lowest BCUT2D eigenvalue weighted by atomic mass is 10.1. The Hall–Kier alpha value is -3.09. The number of carboxylic acids is 1. The molecular weight excluding hydrogens is 416 g/mol. The molecule has 8 nitrogen and oxygen atoms in total. The molecule has 0 unspecified atom stereocenters. The van der Waals surface area contributed by atoms with E-state index in [0.29, 0.717) is 31.7 Å². The van der Waals surface area contributed by atoms with Gasteiger partial charge in [-0.25, -0.2) is 13.2 Å². The van der Waals surface area contributed by atoms with E-state index in [4.69, 9.17) is 5.26 Å². The summed E-state index contributed by atoms with van der Waals surface area (Å²) in [6, 6.07) is 11.8. The van der Waals surface area contributed by atoms with Crippen LogP contribution in [0.15, 0.2) is 41.3 Å². The fourth-order valence-corrected chi connectivity index (χ4v) is 5.01. The minimum atomic E-state index is -3.84. The molecule has 1 heterocycles. The maximum Gasteiger partial charge on any atom is 0.337 e. The maximum atomic E-state index is 12.8. The number of hydrogen-bond donors (Lipinski definition) is 2. The van der Waals surface area contributed by atoms with Crippen molar-refractivity contribution in [3.05, 3.63) is 53.1 Å². The Kier molecular flexibility index (Phi) is 6.83. The number of nitrogens with one attached hydrogen (secondary N) is 1. The molecular formula is C22H26N4O4S. The van der Waals surface area contributed by atoms with Gasteiger partial charge in [0.1, 0.15) is 0 Å². The van der Waals surface area contributed by atoms with Crippen LogP contribution in [-0.2, 0) is 10.0 Å². The molecule has 1 aliphatic heterocycles. The first kappa shape index (κ1) is 22.6. The first-order valence-corrected chi connectivity index (χ1v) is 11.5. The van der Waals surface area contributed by atoms with Crippen LogP contribution in [0.25, 0.3) is 0 Å². The summed E-state index contributed by atoms with van der Waals surface area (Å²) >= 11 is 0. The molecule has 0 radical (unpaired) electrons. The van der Waals surface area contributed by atoms with Crippen molar-refractivity contribution >= 4 is 27.4 Å². The van der Waals surface area contributed by atoms with Gasteiger partial charge < -0.3 is 10.0 Å². The summed E-state index contributed by atoms with van der Waals surface area (Å²) < 4.78 is 28.1. The number of piperazine rings is 1. The highest BCUT2D eigenvalue weighted by Gasteiger charge is 2.23. The lowest BCUT2D eigenvalue weighted by Gasteiger charge is -2.36. The number of aryl methyl sites for hydroxylation is 2. The summed E-state index contributed by atoms with van der Waals surface area (Å²) in [4.78, 5) is 16.2. The molecule has 2 aromatic carbocycles. The van der Waals surface area contributed by atoms with Gasteiger partial charge in [0.15, 0.2) is 0 Å². The van der Waals surface area contributed by atoms with Gasteiger partial charge in [-0.15, -0.1) is 0 Å². The van der Waals surface area contributed by atoms with Gasteiger partial charge in [-0.3, -0.25) is 9.62 Å². The van der Waals surface area contributed by atoms with E-state index in [0.717, 1.165) is 24.2 Å². The molecule has 1 saturated heterocycles. The summed E-state index contributed by atoms with van der Waals surface area (Å²) in [5.41, 5.74) is 2.47. The average Bonchev–Trinajstić information content (AvgIpc) is 2.71. The minimum absolute atomic E-state index is 0.0473. The predicted molar refractivity (Wildman–Crippen MR) is 119 cm³/mol. The summed E-state index contributed by atoms with van der Waals surface area (Å²) in [6.07, 6.45) is 0.468. The van der Waals surface area contributed by atoms with Crippen molar-refractivity contribution in [3.63, 3.8) is 0 Å². The van der Waals surface area contributed by atoms with Gasteiger partial charge in [0, 0.05) is 44.8 Å². The summed E-state index contributed by atoms with van der Waals surface area (Å²) in [5.74, 6) is -1.12. The summed E-state index contributed by atoms with van der Waals surface area (Å²) in [7, 11) is -3.84. The second-order valence-electron chi connectivity index (χ2n) is 7.70. The summed E-state index contributed by atoms with van der Waals surface area (Å²) in [6.45, 7) is 7.10.